The Kier molecular flexibility index (Phi) is 2.03. The van der Waals surface area contributed by atoms with Gasteiger partial charge in [-0.3, -0.25) is 4.55 Å². The molecule has 2 aliphatic carbocycles. The molecule has 4 atom stereocenters. The van der Waals surface area contributed by atoms with Crippen LogP contribution in [0.4, 0.5) is 0 Å². The van der Waals surface area contributed by atoms with Gasteiger partial charge in [0.15, 0.2) is 0 Å². The third-order valence-electron chi connectivity index (χ3n) is 4.42. The van der Waals surface area contributed by atoms with Gasteiger partial charge in [0.1, 0.15) is 0 Å². The summed E-state index contributed by atoms with van der Waals surface area (Å²) in [5.74, 6) is 1.29. The van der Waals surface area contributed by atoms with Crippen molar-refractivity contribution in [3.05, 3.63) is 0 Å². The maximum atomic E-state index is 11.1. The van der Waals surface area contributed by atoms with Crippen LogP contribution in [0.15, 0.2) is 0 Å². The molecule has 0 aliphatic heterocycles. The van der Waals surface area contributed by atoms with Crippen LogP contribution in [-0.2, 0) is 10.1 Å². The summed E-state index contributed by atoms with van der Waals surface area (Å²) in [7, 11) is -3.83. The molecule has 2 saturated carbocycles. The molecule has 0 saturated heterocycles. The van der Waals surface area contributed by atoms with Crippen LogP contribution in [0.1, 0.15) is 33.6 Å². The zero-order chi connectivity index (χ0) is 10.7. The predicted octanol–water partition coefficient (Wildman–Crippen LogP) is 1.94. The molecule has 82 valence electrons. The molecule has 0 aromatic rings. The molecule has 3 nitrogen and oxygen atoms in total. The molecule has 0 heterocycles. The number of fused-ring (bicyclic) bond motifs is 1. The van der Waals surface area contributed by atoms with Crippen molar-refractivity contribution in [2.24, 2.45) is 23.2 Å². The lowest BCUT2D eigenvalue weighted by atomic mass is 9.90. The normalized spacial score (nSPS) is 45.7. The summed E-state index contributed by atoms with van der Waals surface area (Å²) in [5.41, 5.74) is 0.299. The van der Waals surface area contributed by atoms with Crippen LogP contribution in [0.25, 0.3) is 0 Å². The van der Waals surface area contributed by atoms with Crippen molar-refractivity contribution in [1.29, 1.82) is 0 Å². The zero-order valence-corrected chi connectivity index (χ0v) is 9.71. The molecule has 2 aliphatic rings. The molecule has 0 aromatic carbocycles. The lowest BCUT2D eigenvalue weighted by Crippen LogP contribution is -2.31. The standard InChI is InChI=1S/C10H18O3S/c1-6-4-7-8(10(7,2)3)5-9(6)14(11,12)13/h6-9H,4-5H2,1-3H3,(H,11,12,13)/t6-,7+,8-,9+/m1/s1. The minimum absolute atomic E-state index is 0.105. The predicted molar refractivity (Wildman–Crippen MR) is 54.5 cm³/mol. The van der Waals surface area contributed by atoms with Crippen molar-refractivity contribution in [2.45, 2.75) is 38.9 Å². The highest BCUT2D eigenvalue weighted by Gasteiger charge is 2.62. The SMILES string of the molecule is C[C@@H]1C[C@H]2[C@@H](C[C@@H]1S(=O)(=O)O)C2(C)C. The minimum Gasteiger partial charge on any atom is -0.285 e. The zero-order valence-electron chi connectivity index (χ0n) is 8.90. The number of hydrogen-bond donors (Lipinski definition) is 1. The van der Waals surface area contributed by atoms with E-state index in [1.165, 1.54) is 0 Å². The summed E-state index contributed by atoms with van der Waals surface area (Å²) in [6.07, 6.45) is 1.60. The van der Waals surface area contributed by atoms with Crippen molar-refractivity contribution >= 4 is 10.1 Å². The van der Waals surface area contributed by atoms with Crippen molar-refractivity contribution in [2.75, 3.05) is 0 Å². The van der Waals surface area contributed by atoms with Crippen molar-refractivity contribution in [3.63, 3.8) is 0 Å². The second-order valence-electron chi connectivity index (χ2n) is 5.54. The van der Waals surface area contributed by atoms with Gasteiger partial charge in [-0.05, 0) is 36.0 Å². The molecule has 2 rings (SSSR count). The molecule has 14 heavy (non-hydrogen) atoms. The molecule has 0 unspecified atom stereocenters. The first-order chi connectivity index (χ1) is 6.24. The van der Waals surface area contributed by atoms with Gasteiger partial charge in [0.2, 0.25) is 0 Å². The highest BCUT2D eigenvalue weighted by Crippen LogP contribution is 2.66. The van der Waals surface area contributed by atoms with Crippen LogP contribution in [0.5, 0.6) is 0 Å². The highest BCUT2D eigenvalue weighted by atomic mass is 32.2. The maximum Gasteiger partial charge on any atom is 0.268 e. The third kappa shape index (κ3) is 1.39. The summed E-state index contributed by atoms with van der Waals surface area (Å²) < 4.78 is 31.3. The van der Waals surface area contributed by atoms with Crippen LogP contribution in [0.2, 0.25) is 0 Å². The van der Waals surface area contributed by atoms with E-state index in [0.29, 0.717) is 23.7 Å². The van der Waals surface area contributed by atoms with E-state index in [4.69, 9.17) is 4.55 Å². The summed E-state index contributed by atoms with van der Waals surface area (Å²) in [6, 6.07) is 0. The topological polar surface area (TPSA) is 54.4 Å². The summed E-state index contributed by atoms with van der Waals surface area (Å²) in [5, 5.41) is -0.523. The first kappa shape index (κ1) is 10.4. The number of hydrogen-bond acceptors (Lipinski definition) is 2. The van der Waals surface area contributed by atoms with Crippen LogP contribution >= 0.6 is 0 Å². The van der Waals surface area contributed by atoms with Crippen LogP contribution in [-0.4, -0.2) is 18.2 Å². The minimum atomic E-state index is -3.83. The van der Waals surface area contributed by atoms with Crippen LogP contribution < -0.4 is 0 Å². The fourth-order valence-electron chi connectivity index (χ4n) is 3.24. The van der Waals surface area contributed by atoms with Gasteiger partial charge >= 0.3 is 0 Å². The monoisotopic (exact) mass is 218 g/mol. The van der Waals surface area contributed by atoms with E-state index in [2.05, 4.69) is 13.8 Å². The molecule has 0 aromatic heterocycles. The first-order valence-electron chi connectivity index (χ1n) is 5.21. The molecule has 2 fully saturated rings. The Morgan fingerprint density at radius 2 is 1.71 bits per heavy atom. The second kappa shape index (κ2) is 2.73. The second-order valence-corrected chi connectivity index (χ2v) is 7.17. The quantitative estimate of drug-likeness (QED) is 0.684. The van der Waals surface area contributed by atoms with Crippen LogP contribution in [0.3, 0.4) is 0 Å². The molecule has 4 heteroatoms. The fraction of sp³-hybridized carbons (Fsp3) is 1.00. The molecule has 0 spiro atoms. The Morgan fingerprint density at radius 1 is 1.21 bits per heavy atom. The largest absolute Gasteiger partial charge is 0.285 e. The average molecular weight is 218 g/mol. The van der Waals surface area contributed by atoms with Crippen molar-refractivity contribution in [3.8, 4) is 0 Å². The van der Waals surface area contributed by atoms with Gasteiger partial charge in [-0.15, -0.1) is 0 Å². The van der Waals surface area contributed by atoms with Crippen molar-refractivity contribution < 1.29 is 13.0 Å². The Labute approximate surface area is 85.6 Å². The third-order valence-corrected chi connectivity index (χ3v) is 5.84. The van der Waals surface area contributed by atoms with Gasteiger partial charge in [0.05, 0.1) is 5.25 Å². The number of rotatable bonds is 1. The Bertz CT molecular complexity index is 344. The lowest BCUT2D eigenvalue weighted by molar-refractivity contribution is 0.343. The molecular formula is C10H18O3S. The van der Waals surface area contributed by atoms with E-state index in [0.717, 1.165) is 6.42 Å². The highest BCUT2D eigenvalue weighted by molar-refractivity contribution is 7.86. The molecule has 0 bridgehead atoms. The smallest absolute Gasteiger partial charge is 0.268 e. The van der Waals surface area contributed by atoms with Gasteiger partial charge in [-0.2, -0.15) is 8.42 Å². The summed E-state index contributed by atoms with van der Waals surface area (Å²) in [6.45, 7) is 6.33. The van der Waals surface area contributed by atoms with Crippen molar-refractivity contribution in [1.82, 2.24) is 0 Å². The molecule has 0 amide bonds. The van der Waals surface area contributed by atoms with Gasteiger partial charge in [-0.1, -0.05) is 20.8 Å². The summed E-state index contributed by atoms with van der Waals surface area (Å²) in [4.78, 5) is 0. The average Bonchev–Trinajstić information content (AvgIpc) is 2.50. The summed E-state index contributed by atoms with van der Waals surface area (Å²) >= 11 is 0. The van der Waals surface area contributed by atoms with E-state index in [1.807, 2.05) is 6.92 Å². The molecular weight excluding hydrogens is 200 g/mol. The van der Waals surface area contributed by atoms with E-state index < -0.39 is 15.4 Å². The van der Waals surface area contributed by atoms with E-state index in [1.54, 1.807) is 0 Å². The van der Waals surface area contributed by atoms with E-state index >= 15 is 0 Å². The fourth-order valence-corrected chi connectivity index (χ4v) is 4.39. The van der Waals surface area contributed by atoms with Gasteiger partial charge in [-0.25, -0.2) is 0 Å². The Balaban J connectivity index is 2.18. The Hall–Kier alpha value is -0.0900. The lowest BCUT2D eigenvalue weighted by Gasteiger charge is -2.25. The van der Waals surface area contributed by atoms with E-state index in [-0.39, 0.29) is 5.92 Å². The van der Waals surface area contributed by atoms with Crippen LogP contribution in [0, 0.1) is 23.2 Å². The van der Waals surface area contributed by atoms with Gasteiger partial charge in [0, 0.05) is 0 Å². The first-order valence-corrected chi connectivity index (χ1v) is 6.71. The van der Waals surface area contributed by atoms with Gasteiger partial charge in [0.25, 0.3) is 10.1 Å². The molecule has 1 N–H and O–H groups in total. The van der Waals surface area contributed by atoms with E-state index in [9.17, 15) is 8.42 Å². The maximum absolute atomic E-state index is 11.1. The molecule has 0 radical (unpaired) electrons. The van der Waals surface area contributed by atoms with Gasteiger partial charge < -0.3 is 0 Å². The Morgan fingerprint density at radius 3 is 2.21 bits per heavy atom.